The van der Waals surface area contributed by atoms with E-state index < -0.39 is 11.7 Å². The molecule has 1 fully saturated rings. The quantitative estimate of drug-likeness (QED) is 0.491. The van der Waals surface area contributed by atoms with Gasteiger partial charge in [-0.2, -0.15) is 23.5 Å². The van der Waals surface area contributed by atoms with Gasteiger partial charge in [-0.1, -0.05) is 29.8 Å². The Kier molecular flexibility index (Phi) is 6.63. The number of hydrogen-bond acceptors (Lipinski definition) is 4. The summed E-state index contributed by atoms with van der Waals surface area (Å²) >= 11 is 6.28. The Labute approximate surface area is 195 Å². The van der Waals surface area contributed by atoms with E-state index in [1.807, 2.05) is 30.4 Å². The maximum absolute atomic E-state index is 13.7. The summed E-state index contributed by atoms with van der Waals surface area (Å²) in [6, 6.07) is 12.7. The standard InChI is InChI=1S/C24H23ClF3N5/c1-31-13-17(12-30-31)14-32-9-8-21(16-32)33(20-7-6-18(11-29)23(25)10-20)15-19-4-2-3-5-22(19)24(26,27)28/h2-7,10,12-13,21H,8-9,14-16H2,1H3/t21-/m0/s1. The molecule has 1 aromatic heterocycles. The number of nitrogens with zero attached hydrogens (tertiary/aromatic N) is 5. The summed E-state index contributed by atoms with van der Waals surface area (Å²) in [4.78, 5) is 4.25. The third-order valence-corrected chi connectivity index (χ3v) is 6.23. The maximum Gasteiger partial charge on any atom is 0.416 e. The van der Waals surface area contributed by atoms with Crippen molar-refractivity contribution >= 4 is 17.3 Å². The minimum absolute atomic E-state index is 0.00744. The molecule has 1 aliphatic rings. The van der Waals surface area contributed by atoms with E-state index in [2.05, 4.69) is 10.00 Å². The van der Waals surface area contributed by atoms with Crippen molar-refractivity contribution in [3.63, 3.8) is 0 Å². The molecule has 1 saturated heterocycles. The van der Waals surface area contributed by atoms with Gasteiger partial charge >= 0.3 is 6.18 Å². The second-order valence-electron chi connectivity index (χ2n) is 8.26. The van der Waals surface area contributed by atoms with Gasteiger partial charge < -0.3 is 4.90 Å². The number of likely N-dealkylation sites (tertiary alicyclic amines) is 1. The van der Waals surface area contributed by atoms with Gasteiger partial charge in [-0.15, -0.1) is 0 Å². The maximum atomic E-state index is 13.7. The van der Waals surface area contributed by atoms with Crippen LogP contribution in [-0.4, -0.2) is 33.8 Å². The number of anilines is 1. The number of aryl methyl sites for hydroxylation is 1. The van der Waals surface area contributed by atoms with Gasteiger partial charge in [0.05, 0.1) is 22.3 Å². The fraction of sp³-hybridized carbons (Fsp3) is 0.333. The number of nitriles is 1. The number of alkyl halides is 3. The van der Waals surface area contributed by atoms with Crippen LogP contribution in [0.25, 0.3) is 0 Å². The largest absolute Gasteiger partial charge is 0.416 e. The van der Waals surface area contributed by atoms with Crippen LogP contribution in [-0.2, 0) is 26.3 Å². The van der Waals surface area contributed by atoms with Gasteiger partial charge in [-0.05, 0) is 36.2 Å². The SMILES string of the molecule is Cn1cc(CN2CC[C@H](N(Cc3ccccc3C(F)(F)F)c3ccc(C#N)c(Cl)c3)C2)cn1. The molecular formula is C24H23ClF3N5. The van der Waals surface area contributed by atoms with E-state index in [-0.39, 0.29) is 23.2 Å². The molecule has 0 aliphatic carbocycles. The average molecular weight is 474 g/mol. The topological polar surface area (TPSA) is 48.1 Å². The molecule has 2 aromatic carbocycles. The molecule has 0 spiro atoms. The monoisotopic (exact) mass is 473 g/mol. The molecule has 0 bridgehead atoms. The van der Waals surface area contributed by atoms with Crippen LogP contribution in [0.2, 0.25) is 5.02 Å². The average Bonchev–Trinajstić information content (AvgIpc) is 3.40. The Balaban J connectivity index is 1.63. The van der Waals surface area contributed by atoms with Gasteiger partial charge in [0.15, 0.2) is 0 Å². The van der Waals surface area contributed by atoms with E-state index in [0.717, 1.165) is 31.1 Å². The van der Waals surface area contributed by atoms with Crippen molar-refractivity contribution in [1.82, 2.24) is 14.7 Å². The van der Waals surface area contributed by atoms with E-state index in [4.69, 9.17) is 11.6 Å². The Morgan fingerprint density at radius 2 is 2.03 bits per heavy atom. The number of hydrogen-bond donors (Lipinski definition) is 0. The number of halogens is 4. The second kappa shape index (κ2) is 9.46. The molecule has 1 atom stereocenters. The minimum Gasteiger partial charge on any atom is -0.363 e. The van der Waals surface area contributed by atoms with Crippen molar-refractivity contribution in [2.45, 2.75) is 31.7 Å². The van der Waals surface area contributed by atoms with Crippen molar-refractivity contribution < 1.29 is 13.2 Å². The Morgan fingerprint density at radius 3 is 2.70 bits per heavy atom. The van der Waals surface area contributed by atoms with Gasteiger partial charge in [0.2, 0.25) is 0 Å². The van der Waals surface area contributed by atoms with Gasteiger partial charge in [0, 0.05) is 56.7 Å². The lowest BCUT2D eigenvalue weighted by atomic mass is 10.0. The molecule has 33 heavy (non-hydrogen) atoms. The lowest BCUT2D eigenvalue weighted by Gasteiger charge is -2.32. The van der Waals surface area contributed by atoms with E-state index >= 15 is 0 Å². The first-order valence-electron chi connectivity index (χ1n) is 10.6. The van der Waals surface area contributed by atoms with E-state index in [1.165, 1.54) is 12.1 Å². The molecule has 0 unspecified atom stereocenters. The van der Waals surface area contributed by atoms with Crippen LogP contribution < -0.4 is 4.90 Å². The lowest BCUT2D eigenvalue weighted by Crippen LogP contribution is -2.37. The lowest BCUT2D eigenvalue weighted by molar-refractivity contribution is -0.138. The molecule has 0 saturated carbocycles. The Morgan fingerprint density at radius 1 is 1.24 bits per heavy atom. The molecule has 0 radical (unpaired) electrons. The predicted octanol–water partition coefficient (Wildman–Crippen LogP) is 5.25. The molecule has 1 aliphatic heterocycles. The third-order valence-electron chi connectivity index (χ3n) is 5.92. The molecule has 0 amide bonds. The van der Waals surface area contributed by atoms with Crippen LogP contribution in [0.4, 0.5) is 18.9 Å². The van der Waals surface area contributed by atoms with Gasteiger partial charge in [-0.3, -0.25) is 9.58 Å². The zero-order valence-electron chi connectivity index (χ0n) is 18.1. The zero-order valence-corrected chi connectivity index (χ0v) is 18.8. The molecule has 4 rings (SSSR count). The molecule has 3 aromatic rings. The van der Waals surface area contributed by atoms with Crippen molar-refractivity contribution in [3.8, 4) is 6.07 Å². The Bertz CT molecular complexity index is 1170. The second-order valence-corrected chi connectivity index (χ2v) is 8.67. The molecular weight excluding hydrogens is 451 g/mol. The fourth-order valence-electron chi connectivity index (χ4n) is 4.34. The highest BCUT2D eigenvalue weighted by Gasteiger charge is 2.35. The first-order chi connectivity index (χ1) is 15.7. The Hall–Kier alpha value is -3.02. The highest BCUT2D eigenvalue weighted by molar-refractivity contribution is 6.32. The van der Waals surface area contributed by atoms with Crippen LogP contribution in [0.5, 0.6) is 0 Å². The number of benzene rings is 2. The summed E-state index contributed by atoms with van der Waals surface area (Å²) in [6.45, 7) is 2.33. The van der Waals surface area contributed by atoms with Crippen LogP contribution in [0.15, 0.2) is 54.9 Å². The van der Waals surface area contributed by atoms with Gasteiger partial charge in [-0.25, -0.2) is 0 Å². The summed E-state index contributed by atoms with van der Waals surface area (Å²) in [5, 5.41) is 13.7. The molecule has 0 N–H and O–H groups in total. The van der Waals surface area contributed by atoms with Crippen LogP contribution in [0, 0.1) is 11.3 Å². The van der Waals surface area contributed by atoms with Crippen molar-refractivity contribution in [2.75, 3.05) is 18.0 Å². The minimum atomic E-state index is -4.44. The summed E-state index contributed by atoms with van der Waals surface area (Å²) in [7, 11) is 1.87. The van der Waals surface area contributed by atoms with Gasteiger partial charge in [0.25, 0.3) is 0 Å². The van der Waals surface area contributed by atoms with E-state index in [9.17, 15) is 18.4 Å². The van der Waals surface area contributed by atoms with Crippen LogP contribution in [0.3, 0.4) is 0 Å². The first-order valence-corrected chi connectivity index (χ1v) is 10.9. The summed E-state index contributed by atoms with van der Waals surface area (Å²) in [5.74, 6) is 0. The van der Waals surface area contributed by atoms with Crippen LogP contribution >= 0.6 is 11.6 Å². The normalized spacial score (nSPS) is 16.7. The van der Waals surface area contributed by atoms with Crippen molar-refractivity contribution in [2.24, 2.45) is 7.05 Å². The molecule has 9 heteroatoms. The molecule has 5 nitrogen and oxygen atoms in total. The van der Waals surface area contributed by atoms with Crippen molar-refractivity contribution in [1.29, 1.82) is 5.26 Å². The predicted molar refractivity (Wildman–Crippen MR) is 121 cm³/mol. The van der Waals surface area contributed by atoms with Gasteiger partial charge in [0.1, 0.15) is 6.07 Å². The highest BCUT2D eigenvalue weighted by atomic mass is 35.5. The summed E-state index contributed by atoms with van der Waals surface area (Å²) in [6.07, 6.45) is 0.148. The molecule has 2 heterocycles. The zero-order chi connectivity index (χ0) is 23.6. The first kappa shape index (κ1) is 23.1. The number of rotatable bonds is 6. The van der Waals surface area contributed by atoms with E-state index in [1.54, 1.807) is 28.9 Å². The fourth-order valence-corrected chi connectivity index (χ4v) is 4.56. The summed E-state index contributed by atoms with van der Waals surface area (Å²) in [5.41, 5.74) is 1.69. The van der Waals surface area contributed by atoms with Crippen LogP contribution in [0.1, 0.15) is 28.7 Å². The smallest absolute Gasteiger partial charge is 0.363 e. The van der Waals surface area contributed by atoms with Crippen molar-refractivity contribution in [3.05, 3.63) is 82.1 Å². The van der Waals surface area contributed by atoms with E-state index in [0.29, 0.717) is 17.8 Å². The number of aromatic nitrogens is 2. The third kappa shape index (κ3) is 5.32. The highest BCUT2D eigenvalue weighted by Crippen LogP contribution is 2.35. The molecule has 172 valence electrons. The summed E-state index contributed by atoms with van der Waals surface area (Å²) < 4.78 is 42.7.